The smallest absolute Gasteiger partial charge is 0.0741 e. The van der Waals surface area contributed by atoms with Gasteiger partial charge in [-0.15, -0.1) is 0 Å². The predicted octanol–water partition coefficient (Wildman–Crippen LogP) is 1.64. The van der Waals surface area contributed by atoms with Crippen molar-refractivity contribution in [1.82, 2.24) is 10.3 Å². The summed E-state index contributed by atoms with van der Waals surface area (Å²) in [6.45, 7) is 7.26. The van der Waals surface area contributed by atoms with Crippen molar-refractivity contribution in [3.05, 3.63) is 29.6 Å². The zero-order chi connectivity index (χ0) is 11.3. The molecule has 0 spiro atoms. The van der Waals surface area contributed by atoms with Crippen molar-refractivity contribution in [3.8, 4) is 0 Å². The quantitative estimate of drug-likeness (QED) is 0.773. The molecule has 3 heteroatoms. The highest BCUT2D eigenvalue weighted by Gasteiger charge is 2.16. The molecule has 0 radical (unpaired) electrons. The summed E-state index contributed by atoms with van der Waals surface area (Å²) >= 11 is 0. The van der Waals surface area contributed by atoms with Crippen LogP contribution in [0.15, 0.2) is 18.5 Å². The molecule has 1 atom stereocenters. The number of hydrogen-bond acceptors (Lipinski definition) is 3. The van der Waals surface area contributed by atoms with E-state index in [4.69, 9.17) is 0 Å². The number of aryl methyl sites for hydroxylation is 1. The molecule has 0 amide bonds. The molecule has 1 aromatic rings. The SMILES string of the molecule is CCC(C)(O)CNCc1cnccc1C. The van der Waals surface area contributed by atoms with E-state index in [2.05, 4.69) is 17.2 Å². The molecule has 0 bridgehead atoms. The lowest BCUT2D eigenvalue weighted by Gasteiger charge is -2.21. The van der Waals surface area contributed by atoms with Crippen LogP contribution >= 0.6 is 0 Å². The number of rotatable bonds is 5. The van der Waals surface area contributed by atoms with E-state index in [1.54, 1.807) is 6.20 Å². The molecule has 1 heterocycles. The Balaban J connectivity index is 2.42. The molecule has 0 aliphatic carbocycles. The highest BCUT2D eigenvalue weighted by atomic mass is 16.3. The number of hydrogen-bond donors (Lipinski definition) is 2. The molecule has 1 unspecified atom stereocenters. The maximum absolute atomic E-state index is 9.79. The van der Waals surface area contributed by atoms with Crippen LogP contribution in [0.2, 0.25) is 0 Å². The minimum atomic E-state index is -0.615. The lowest BCUT2D eigenvalue weighted by Crippen LogP contribution is -2.36. The third-order valence-electron chi connectivity index (χ3n) is 2.73. The minimum Gasteiger partial charge on any atom is -0.389 e. The molecule has 1 aromatic heterocycles. The molecular weight excluding hydrogens is 188 g/mol. The van der Waals surface area contributed by atoms with Crippen LogP contribution in [0.3, 0.4) is 0 Å². The second kappa shape index (κ2) is 5.24. The molecule has 3 nitrogen and oxygen atoms in total. The van der Waals surface area contributed by atoms with E-state index in [1.807, 2.05) is 26.1 Å². The summed E-state index contributed by atoms with van der Waals surface area (Å²) in [4.78, 5) is 4.08. The van der Waals surface area contributed by atoms with Gasteiger partial charge in [0.1, 0.15) is 0 Å². The molecule has 0 saturated heterocycles. The Morgan fingerprint density at radius 1 is 1.53 bits per heavy atom. The number of nitrogens with zero attached hydrogens (tertiary/aromatic N) is 1. The number of aromatic nitrogens is 1. The molecule has 0 aliphatic rings. The molecule has 0 saturated carbocycles. The van der Waals surface area contributed by atoms with Gasteiger partial charge in [-0.25, -0.2) is 0 Å². The van der Waals surface area contributed by atoms with E-state index in [9.17, 15) is 5.11 Å². The topological polar surface area (TPSA) is 45.1 Å². The summed E-state index contributed by atoms with van der Waals surface area (Å²) < 4.78 is 0. The summed E-state index contributed by atoms with van der Waals surface area (Å²) in [7, 11) is 0. The Morgan fingerprint density at radius 2 is 2.27 bits per heavy atom. The van der Waals surface area contributed by atoms with Crippen molar-refractivity contribution >= 4 is 0 Å². The fraction of sp³-hybridized carbons (Fsp3) is 0.583. The van der Waals surface area contributed by atoms with Crippen molar-refractivity contribution in [2.75, 3.05) is 6.54 Å². The fourth-order valence-electron chi connectivity index (χ4n) is 1.27. The summed E-state index contributed by atoms with van der Waals surface area (Å²) in [6.07, 6.45) is 4.41. The fourth-order valence-corrected chi connectivity index (χ4v) is 1.27. The van der Waals surface area contributed by atoms with Crippen LogP contribution in [0, 0.1) is 6.92 Å². The van der Waals surface area contributed by atoms with Crippen molar-refractivity contribution in [2.24, 2.45) is 0 Å². The van der Waals surface area contributed by atoms with E-state index < -0.39 is 5.60 Å². The second-order valence-corrected chi connectivity index (χ2v) is 4.26. The number of nitrogens with one attached hydrogen (secondary N) is 1. The van der Waals surface area contributed by atoms with Gasteiger partial charge in [0, 0.05) is 25.5 Å². The first-order valence-electron chi connectivity index (χ1n) is 5.38. The van der Waals surface area contributed by atoms with Gasteiger partial charge in [0.25, 0.3) is 0 Å². The number of pyridine rings is 1. The third-order valence-corrected chi connectivity index (χ3v) is 2.73. The third kappa shape index (κ3) is 3.98. The monoisotopic (exact) mass is 208 g/mol. The van der Waals surface area contributed by atoms with Gasteiger partial charge in [-0.1, -0.05) is 6.92 Å². The molecule has 0 aromatic carbocycles. The first-order chi connectivity index (χ1) is 7.05. The van der Waals surface area contributed by atoms with Gasteiger partial charge in [-0.05, 0) is 37.5 Å². The number of aliphatic hydroxyl groups is 1. The van der Waals surface area contributed by atoms with Crippen LogP contribution in [0.1, 0.15) is 31.4 Å². The van der Waals surface area contributed by atoms with Crippen molar-refractivity contribution in [2.45, 2.75) is 39.3 Å². The molecule has 0 aliphatic heterocycles. The van der Waals surface area contributed by atoms with Gasteiger partial charge in [-0.2, -0.15) is 0 Å². The van der Waals surface area contributed by atoms with E-state index in [1.165, 1.54) is 11.1 Å². The minimum absolute atomic E-state index is 0.609. The van der Waals surface area contributed by atoms with Gasteiger partial charge < -0.3 is 10.4 Å². The van der Waals surface area contributed by atoms with Crippen molar-refractivity contribution < 1.29 is 5.11 Å². The Labute approximate surface area is 91.5 Å². The summed E-state index contributed by atoms with van der Waals surface area (Å²) in [6, 6.07) is 2.00. The predicted molar refractivity (Wildman–Crippen MR) is 61.6 cm³/mol. The van der Waals surface area contributed by atoms with Gasteiger partial charge >= 0.3 is 0 Å². The molecule has 84 valence electrons. The molecular formula is C12H20N2O. The lowest BCUT2D eigenvalue weighted by atomic mass is 10.0. The van der Waals surface area contributed by atoms with Crippen LogP contribution in [0.5, 0.6) is 0 Å². The zero-order valence-electron chi connectivity index (χ0n) is 9.75. The van der Waals surface area contributed by atoms with Gasteiger partial charge in [0.2, 0.25) is 0 Å². The average Bonchev–Trinajstić information content (AvgIpc) is 2.21. The van der Waals surface area contributed by atoms with Crippen LogP contribution in [0.4, 0.5) is 0 Å². The van der Waals surface area contributed by atoms with Gasteiger partial charge in [-0.3, -0.25) is 4.98 Å². The van der Waals surface area contributed by atoms with Crippen molar-refractivity contribution in [1.29, 1.82) is 0 Å². The first kappa shape index (κ1) is 12.1. The lowest BCUT2D eigenvalue weighted by molar-refractivity contribution is 0.0555. The van der Waals surface area contributed by atoms with Gasteiger partial charge in [0.05, 0.1) is 5.60 Å². The van der Waals surface area contributed by atoms with Gasteiger partial charge in [0.15, 0.2) is 0 Å². The maximum Gasteiger partial charge on any atom is 0.0741 e. The van der Waals surface area contributed by atoms with E-state index in [-0.39, 0.29) is 0 Å². The summed E-state index contributed by atoms with van der Waals surface area (Å²) in [5.41, 5.74) is 1.80. The molecule has 15 heavy (non-hydrogen) atoms. The summed E-state index contributed by atoms with van der Waals surface area (Å²) in [5, 5.41) is 13.0. The standard InChI is InChI=1S/C12H20N2O/c1-4-12(3,15)9-14-8-11-7-13-6-5-10(11)2/h5-7,14-15H,4,8-9H2,1-3H3. The molecule has 0 fully saturated rings. The maximum atomic E-state index is 9.79. The Bertz CT molecular complexity index is 310. The first-order valence-corrected chi connectivity index (χ1v) is 5.38. The zero-order valence-corrected chi connectivity index (χ0v) is 9.75. The van der Waals surface area contributed by atoms with Crippen LogP contribution < -0.4 is 5.32 Å². The van der Waals surface area contributed by atoms with Crippen LogP contribution in [-0.4, -0.2) is 22.2 Å². The van der Waals surface area contributed by atoms with E-state index >= 15 is 0 Å². The highest BCUT2D eigenvalue weighted by Crippen LogP contribution is 2.08. The summed E-state index contributed by atoms with van der Waals surface area (Å²) in [5.74, 6) is 0. The average molecular weight is 208 g/mol. The normalized spacial score (nSPS) is 14.9. The second-order valence-electron chi connectivity index (χ2n) is 4.26. The van der Waals surface area contributed by atoms with Crippen LogP contribution in [0.25, 0.3) is 0 Å². The van der Waals surface area contributed by atoms with E-state index in [0.717, 1.165) is 13.0 Å². The van der Waals surface area contributed by atoms with Crippen LogP contribution in [-0.2, 0) is 6.54 Å². The highest BCUT2D eigenvalue weighted by molar-refractivity contribution is 5.20. The Hall–Kier alpha value is -0.930. The molecule has 2 N–H and O–H groups in total. The Morgan fingerprint density at radius 3 is 2.87 bits per heavy atom. The molecule has 1 rings (SSSR count). The largest absolute Gasteiger partial charge is 0.389 e. The Kier molecular flexibility index (Phi) is 4.24. The van der Waals surface area contributed by atoms with E-state index in [0.29, 0.717) is 6.54 Å². The van der Waals surface area contributed by atoms with Crippen molar-refractivity contribution in [3.63, 3.8) is 0 Å².